The molecule has 0 atom stereocenters. The third kappa shape index (κ3) is 2.87. The number of benzene rings is 1. The summed E-state index contributed by atoms with van der Waals surface area (Å²) in [6.07, 6.45) is 1.37. The Morgan fingerprint density at radius 2 is 2.22 bits per heavy atom. The van der Waals surface area contributed by atoms with Crippen LogP contribution in [0.2, 0.25) is 0 Å². The Kier molecular flexibility index (Phi) is 3.62. The molecule has 0 fully saturated rings. The number of aromatic nitrogens is 1. The lowest BCUT2D eigenvalue weighted by molar-refractivity contribution is 0.0702. The summed E-state index contributed by atoms with van der Waals surface area (Å²) in [5.41, 5.74) is 3.64. The van der Waals surface area contributed by atoms with Gasteiger partial charge in [-0.3, -0.25) is 0 Å². The van der Waals surface area contributed by atoms with Crippen LogP contribution in [0.1, 0.15) is 26.4 Å². The van der Waals surface area contributed by atoms with Crippen molar-refractivity contribution in [1.82, 2.24) is 4.98 Å². The van der Waals surface area contributed by atoms with E-state index in [2.05, 4.69) is 42.3 Å². The minimum absolute atomic E-state index is 0.248. The largest absolute Gasteiger partial charge is 0.477 e. The number of rotatable bonds is 4. The molecule has 5 heteroatoms. The van der Waals surface area contributed by atoms with Crippen LogP contribution in [0.3, 0.4) is 0 Å². The van der Waals surface area contributed by atoms with Crippen molar-refractivity contribution >= 4 is 22.4 Å². The van der Waals surface area contributed by atoms with Gasteiger partial charge in [-0.2, -0.15) is 0 Å². The number of hydrogen-bond donors (Lipinski definition) is 2. The Balaban J connectivity index is 2.04. The molecule has 0 saturated heterocycles. The predicted octanol–water partition coefficient (Wildman–Crippen LogP) is 3.07. The van der Waals surface area contributed by atoms with Crippen LogP contribution in [-0.4, -0.2) is 16.1 Å². The van der Waals surface area contributed by atoms with Gasteiger partial charge in [-0.1, -0.05) is 35.1 Å². The van der Waals surface area contributed by atoms with E-state index in [4.69, 9.17) is 5.11 Å². The van der Waals surface area contributed by atoms with Crippen molar-refractivity contribution in [1.29, 1.82) is 0 Å². The van der Waals surface area contributed by atoms with E-state index in [0.29, 0.717) is 11.7 Å². The minimum Gasteiger partial charge on any atom is -0.477 e. The number of aryl methyl sites for hydroxylation is 2. The van der Waals surface area contributed by atoms with E-state index in [-0.39, 0.29) is 4.88 Å². The van der Waals surface area contributed by atoms with Gasteiger partial charge >= 0.3 is 5.97 Å². The maximum absolute atomic E-state index is 10.7. The van der Waals surface area contributed by atoms with Gasteiger partial charge in [-0.15, -0.1) is 0 Å². The summed E-state index contributed by atoms with van der Waals surface area (Å²) >= 11 is 1.15. The number of thiazole rings is 1. The van der Waals surface area contributed by atoms with Crippen molar-refractivity contribution in [3.8, 4) is 0 Å². The number of hydrogen-bond acceptors (Lipinski definition) is 4. The van der Waals surface area contributed by atoms with Gasteiger partial charge in [-0.05, 0) is 25.0 Å². The molecule has 4 nitrogen and oxygen atoms in total. The van der Waals surface area contributed by atoms with Crippen LogP contribution in [-0.2, 0) is 6.54 Å². The first-order chi connectivity index (χ1) is 8.56. The zero-order valence-electron chi connectivity index (χ0n) is 10.2. The molecule has 2 N–H and O–H groups in total. The highest BCUT2D eigenvalue weighted by atomic mass is 32.1. The Bertz CT molecular complexity index is 578. The molecule has 0 unspecified atom stereocenters. The fraction of sp³-hybridized carbons (Fsp3) is 0.231. The van der Waals surface area contributed by atoms with Crippen LogP contribution in [0.25, 0.3) is 0 Å². The summed E-state index contributed by atoms with van der Waals surface area (Å²) in [7, 11) is 0. The normalized spacial score (nSPS) is 10.3. The van der Waals surface area contributed by atoms with Gasteiger partial charge in [0.2, 0.25) is 0 Å². The second-order valence-corrected chi connectivity index (χ2v) is 5.15. The summed E-state index contributed by atoms with van der Waals surface area (Å²) in [6, 6.07) is 6.26. The summed E-state index contributed by atoms with van der Waals surface area (Å²) in [5, 5.41) is 12.6. The highest BCUT2D eigenvalue weighted by Crippen LogP contribution is 2.19. The van der Waals surface area contributed by atoms with E-state index in [1.165, 1.54) is 22.9 Å². The van der Waals surface area contributed by atoms with Gasteiger partial charge in [0.1, 0.15) is 4.88 Å². The number of anilines is 1. The predicted molar refractivity (Wildman–Crippen MR) is 72.3 cm³/mol. The number of nitrogens with one attached hydrogen (secondary N) is 1. The molecular weight excluding hydrogens is 248 g/mol. The molecular formula is C13H14N2O2S. The van der Waals surface area contributed by atoms with Gasteiger partial charge in [0.15, 0.2) is 5.13 Å². The summed E-state index contributed by atoms with van der Waals surface area (Å²) in [5.74, 6) is -0.938. The van der Waals surface area contributed by atoms with Crippen LogP contribution in [0, 0.1) is 13.8 Å². The van der Waals surface area contributed by atoms with Gasteiger partial charge in [0.25, 0.3) is 0 Å². The van der Waals surface area contributed by atoms with Crippen molar-refractivity contribution in [2.45, 2.75) is 20.4 Å². The molecule has 1 aromatic carbocycles. The molecule has 1 heterocycles. The molecule has 0 aliphatic rings. The molecule has 0 spiro atoms. The standard InChI is InChI=1S/C13H14N2O2S/c1-8-3-4-10(9(2)5-8)6-14-13-15-7-11(18-13)12(16)17/h3-5,7H,6H2,1-2H3,(H,14,15)(H,16,17). The molecule has 2 rings (SSSR count). The summed E-state index contributed by atoms with van der Waals surface area (Å²) in [6.45, 7) is 4.78. The maximum atomic E-state index is 10.7. The van der Waals surface area contributed by atoms with Crippen molar-refractivity contribution in [2.75, 3.05) is 5.32 Å². The number of carboxylic acid groups (broad SMARTS) is 1. The van der Waals surface area contributed by atoms with Crippen LogP contribution in [0.15, 0.2) is 24.4 Å². The fourth-order valence-corrected chi connectivity index (χ4v) is 2.32. The van der Waals surface area contributed by atoms with Gasteiger partial charge in [0.05, 0.1) is 6.20 Å². The Morgan fingerprint density at radius 1 is 1.44 bits per heavy atom. The monoisotopic (exact) mass is 262 g/mol. The van der Waals surface area contributed by atoms with E-state index in [0.717, 1.165) is 11.3 Å². The van der Waals surface area contributed by atoms with E-state index in [9.17, 15) is 4.79 Å². The van der Waals surface area contributed by atoms with Gasteiger partial charge < -0.3 is 10.4 Å². The maximum Gasteiger partial charge on any atom is 0.347 e. The summed E-state index contributed by atoms with van der Waals surface area (Å²) < 4.78 is 0. The first-order valence-electron chi connectivity index (χ1n) is 5.55. The lowest BCUT2D eigenvalue weighted by atomic mass is 10.1. The van der Waals surface area contributed by atoms with Crippen LogP contribution < -0.4 is 5.32 Å². The third-order valence-electron chi connectivity index (χ3n) is 2.64. The SMILES string of the molecule is Cc1ccc(CNc2ncc(C(=O)O)s2)c(C)c1. The molecule has 0 radical (unpaired) electrons. The number of aromatic carboxylic acids is 1. The average Bonchev–Trinajstić information content (AvgIpc) is 2.76. The van der Waals surface area contributed by atoms with Crippen molar-refractivity contribution in [3.63, 3.8) is 0 Å². The molecule has 18 heavy (non-hydrogen) atoms. The molecule has 0 amide bonds. The van der Waals surface area contributed by atoms with Crippen LogP contribution in [0.5, 0.6) is 0 Å². The molecule has 0 saturated carbocycles. The fourth-order valence-electron chi connectivity index (χ4n) is 1.67. The second kappa shape index (κ2) is 5.18. The van der Waals surface area contributed by atoms with Gasteiger partial charge in [-0.25, -0.2) is 9.78 Å². The first-order valence-corrected chi connectivity index (χ1v) is 6.37. The Morgan fingerprint density at radius 3 is 2.83 bits per heavy atom. The van der Waals surface area contributed by atoms with E-state index < -0.39 is 5.97 Å². The first kappa shape index (κ1) is 12.6. The lowest BCUT2D eigenvalue weighted by Gasteiger charge is -2.07. The average molecular weight is 262 g/mol. The molecule has 1 aromatic heterocycles. The zero-order valence-corrected chi connectivity index (χ0v) is 11.0. The third-order valence-corrected chi connectivity index (χ3v) is 3.59. The van der Waals surface area contributed by atoms with Crippen molar-refractivity contribution in [2.24, 2.45) is 0 Å². The highest BCUT2D eigenvalue weighted by Gasteiger charge is 2.08. The van der Waals surface area contributed by atoms with Crippen LogP contribution >= 0.6 is 11.3 Å². The van der Waals surface area contributed by atoms with Crippen molar-refractivity contribution in [3.05, 3.63) is 46.0 Å². The van der Waals surface area contributed by atoms with E-state index in [1.54, 1.807) is 0 Å². The molecule has 2 aromatic rings. The Hall–Kier alpha value is -1.88. The topological polar surface area (TPSA) is 62.2 Å². The number of carbonyl (C=O) groups is 1. The summed E-state index contributed by atoms with van der Waals surface area (Å²) in [4.78, 5) is 15.0. The molecule has 94 valence electrons. The van der Waals surface area contributed by atoms with Gasteiger partial charge in [0, 0.05) is 6.54 Å². The number of carboxylic acids is 1. The molecule has 0 aliphatic carbocycles. The quantitative estimate of drug-likeness (QED) is 0.889. The second-order valence-electron chi connectivity index (χ2n) is 4.12. The van der Waals surface area contributed by atoms with E-state index >= 15 is 0 Å². The highest BCUT2D eigenvalue weighted by molar-refractivity contribution is 7.17. The van der Waals surface area contributed by atoms with Crippen molar-refractivity contribution < 1.29 is 9.90 Å². The van der Waals surface area contributed by atoms with Crippen LogP contribution in [0.4, 0.5) is 5.13 Å². The Labute approximate surface area is 109 Å². The minimum atomic E-state index is -0.938. The smallest absolute Gasteiger partial charge is 0.347 e. The number of nitrogens with zero attached hydrogens (tertiary/aromatic N) is 1. The molecule has 0 aliphatic heterocycles. The zero-order chi connectivity index (χ0) is 13.1. The lowest BCUT2D eigenvalue weighted by Crippen LogP contribution is -2.00. The van der Waals surface area contributed by atoms with E-state index in [1.807, 2.05) is 0 Å². The molecule has 0 bridgehead atoms.